The third kappa shape index (κ3) is 68.4. The molecule has 0 bridgehead atoms. The maximum Gasteiger partial charge on any atom is 0.472 e. The predicted molar refractivity (Wildman–Crippen MR) is 377 cm³/mol. The summed E-state index contributed by atoms with van der Waals surface area (Å²) in [6.07, 6.45) is 58.9. The number of esters is 4. The van der Waals surface area contributed by atoms with Crippen molar-refractivity contribution in [1.29, 1.82) is 0 Å². The van der Waals surface area contributed by atoms with E-state index in [9.17, 15) is 43.2 Å². The maximum atomic E-state index is 13.1. The molecule has 0 fully saturated rings. The molecule has 0 rings (SSSR count). The lowest BCUT2D eigenvalue weighted by atomic mass is 10.0. The van der Waals surface area contributed by atoms with E-state index in [1.54, 1.807) is 0 Å². The van der Waals surface area contributed by atoms with Crippen molar-refractivity contribution in [3.05, 3.63) is 0 Å². The minimum absolute atomic E-state index is 0.105. The quantitative estimate of drug-likeness (QED) is 0.0222. The highest BCUT2D eigenvalue weighted by molar-refractivity contribution is 7.47. The average molecular weight is 1370 g/mol. The van der Waals surface area contributed by atoms with Crippen LogP contribution in [0.25, 0.3) is 0 Å². The predicted octanol–water partition coefficient (Wildman–Crippen LogP) is 21.8. The van der Waals surface area contributed by atoms with Gasteiger partial charge in [-0.2, -0.15) is 0 Å². The number of hydrogen-bond acceptors (Lipinski definition) is 15. The molecule has 2 unspecified atom stereocenters. The van der Waals surface area contributed by atoms with Crippen molar-refractivity contribution in [2.45, 2.75) is 412 Å². The summed E-state index contributed by atoms with van der Waals surface area (Å²) in [5, 5.41) is 10.6. The zero-order valence-corrected chi connectivity index (χ0v) is 62.0. The van der Waals surface area contributed by atoms with E-state index < -0.39 is 97.5 Å². The lowest BCUT2D eigenvalue weighted by molar-refractivity contribution is -0.161. The molecule has 17 nitrogen and oxygen atoms in total. The third-order valence-corrected chi connectivity index (χ3v) is 19.3. The van der Waals surface area contributed by atoms with Crippen molar-refractivity contribution < 1.29 is 80.2 Å². The number of aliphatic hydroxyl groups excluding tert-OH is 1. The normalized spacial score (nSPS) is 13.9. The molecule has 3 N–H and O–H groups in total. The van der Waals surface area contributed by atoms with Crippen molar-refractivity contribution in [2.24, 2.45) is 0 Å². The molecule has 0 aromatic carbocycles. The Morgan fingerprint density at radius 3 is 0.634 bits per heavy atom. The SMILES string of the molecule is CCCCCCCCCCCCCCCCCCCCCCC(=O)O[C@H](COC(=O)CCCCCCCCCCCCCCCCCCCCC)COP(=O)(O)OC[C@@H](O)COP(=O)(O)OC[C@@H](COC(=O)CCCCCCC)OC(=O)CCCCCCCCCCC. The third-order valence-electron chi connectivity index (χ3n) is 17.4. The number of hydrogen-bond donors (Lipinski definition) is 3. The van der Waals surface area contributed by atoms with Crippen molar-refractivity contribution in [3.8, 4) is 0 Å². The van der Waals surface area contributed by atoms with E-state index in [2.05, 4.69) is 27.7 Å². The van der Waals surface area contributed by atoms with Crippen LogP contribution in [0.2, 0.25) is 0 Å². The Kier molecular flexibility index (Phi) is 67.1. The summed E-state index contributed by atoms with van der Waals surface area (Å²) in [5.74, 6) is -2.13. The average Bonchev–Trinajstić information content (AvgIpc) is 2.13. The first-order valence-electron chi connectivity index (χ1n) is 38.8. The molecule has 552 valence electrons. The molecule has 0 aliphatic carbocycles. The Balaban J connectivity index is 5.09. The van der Waals surface area contributed by atoms with Gasteiger partial charge >= 0.3 is 39.5 Å². The number of carbonyl (C=O) groups is 4. The highest BCUT2D eigenvalue weighted by Crippen LogP contribution is 2.45. The first-order valence-corrected chi connectivity index (χ1v) is 41.8. The minimum atomic E-state index is -4.95. The number of carbonyl (C=O) groups excluding carboxylic acids is 4. The van der Waals surface area contributed by atoms with Gasteiger partial charge in [-0.25, -0.2) is 9.13 Å². The molecule has 5 atom stereocenters. The van der Waals surface area contributed by atoms with Crippen LogP contribution in [0, 0.1) is 0 Å². The first kappa shape index (κ1) is 91.1. The Bertz CT molecular complexity index is 1770. The van der Waals surface area contributed by atoms with Gasteiger partial charge in [-0.15, -0.1) is 0 Å². The van der Waals surface area contributed by atoms with Crippen molar-refractivity contribution in [2.75, 3.05) is 39.6 Å². The van der Waals surface area contributed by atoms with Gasteiger partial charge in [-0.1, -0.05) is 342 Å². The van der Waals surface area contributed by atoms with Gasteiger partial charge in [0.2, 0.25) is 0 Å². The van der Waals surface area contributed by atoms with E-state index >= 15 is 0 Å². The van der Waals surface area contributed by atoms with E-state index in [4.69, 9.17) is 37.0 Å². The smallest absolute Gasteiger partial charge is 0.462 e. The Labute approximate surface area is 568 Å². The van der Waals surface area contributed by atoms with Crippen LogP contribution in [0.4, 0.5) is 0 Å². The molecule has 93 heavy (non-hydrogen) atoms. The summed E-state index contributed by atoms with van der Waals surface area (Å²) < 4.78 is 68.1. The largest absolute Gasteiger partial charge is 0.472 e. The van der Waals surface area contributed by atoms with E-state index in [0.717, 1.165) is 96.3 Å². The van der Waals surface area contributed by atoms with Crippen LogP contribution < -0.4 is 0 Å². The maximum absolute atomic E-state index is 13.1. The molecule has 0 saturated carbocycles. The van der Waals surface area contributed by atoms with Crippen LogP contribution in [0.1, 0.15) is 394 Å². The summed E-state index contributed by atoms with van der Waals surface area (Å²) in [6, 6.07) is 0. The molecule has 19 heteroatoms. The molecule has 0 aliphatic rings. The second-order valence-corrected chi connectivity index (χ2v) is 29.6. The van der Waals surface area contributed by atoms with Gasteiger partial charge < -0.3 is 33.8 Å². The Hall–Kier alpha value is -1.94. The van der Waals surface area contributed by atoms with Gasteiger partial charge in [-0.05, 0) is 25.7 Å². The molecule has 0 heterocycles. The van der Waals surface area contributed by atoms with Gasteiger partial charge in [0.05, 0.1) is 26.4 Å². The number of unbranched alkanes of at least 4 members (excludes halogenated alkanes) is 49. The van der Waals surface area contributed by atoms with Gasteiger partial charge in [0, 0.05) is 25.7 Å². The lowest BCUT2D eigenvalue weighted by Crippen LogP contribution is -2.30. The summed E-state index contributed by atoms with van der Waals surface area (Å²) in [7, 11) is -9.89. The molecule has 0 amide bonds. The van der Waals surface area contributed by atoms with Gasteiger partial charge in [0.1, 0.15) is 19.3 Å². The number of phosphoric acid groups is 2. The molecule has 0 saturated heterocycles. The second-order valence-electron chi connectivity index (χ2n) is 26.7. The van der Waals surface area contributed by atoms with E-state index in [0.29, 0.717) is 25.7 Å². The van der Waals surface area contributed by atoms with Crippen molar-refractivity contribution in [1.82, 2.24) is 0 Å². The standard InChI is InChI=1S/C74H144O17P2/c1-5-9-13-17-20-23-25-27-29-31-33-35-37-39-41-43-46-49-53-57-61-74(79)91-70(65-85-72(77)59-55-51-47-45-42-40-38-36-34-32-30-28-26-24-21-18-14-10-6-2)67-89-93(82,83)87-63-68(75)62-86-92(80,81)88-66-69(64-84-71(76)58-54-50-16-12-8-4)90-73(78)60-56-52-48-44-22-19-15-11-7-3/h68-70,75H,5-67H2,1-4H3,(H,80,81)(H,82,83)/t68-,69+,70+/m0/s1. The van der Waals surface area contributed by atoms with Gasteiger partial charge in [-0.3, -0.25) is 37.3 Å². The van der Waals surface area contributed by atoms with E-state index in [1.807, 2.05) is 0 Å². The molecule has 0 aliphatic heterocycles. The highest BCUT2D eigenvalue weighted by atomic mass is 31.2. The van der Waals surface area contributed by atoms with E-state index in [-0.39, 0.29) is 25.7 Å². The van der Waals surface area contributed by atoms with Crippen LogP contribution >= 0.6 is 15.6 Å². The summed E-state index contributed by atoms with van der Waals surface area (Å²) in [6.45, 7) is 4.86. The minimum Gasteiger partial charge on any atom is -0.462 e. The van der Waals surface area contributed by atoms with Crippen LogP contribution in [0.5, 0.6) is 0 Å². The zero-order valence-electron chi connectivity index (χ0n) is 60.2. The summed E-state index contributed by atoms with van der Waals surface area (Å²) in [4.78, 5) is 72.3. The summed E-state index contributed by atoms with van der Waals surface area (Å²) in [5.41, 5.74) is 0. The second kappa shape index (κ2) is 68.6. The number of ether oxygens (including phenoxy) is 4. The Morgan fingerprint density at radius 1 is 0.258 bits per heavy atom. The molecule has 0 radical (unpaired) electrons. The first-order chi connectivity index (χ1) is 45.2. The van der Waals surface area contributed by atoms with Crippen LogP contribution in [0.15, 0.2) is 0 Å². The molecular weight excluding hydrogens is 1220 g/mol. The van der Waals surface area contributed by atoms with Gasteiger partial charge in [0.15, 0.2) is 12.2 Å². The molecule has 0 spiro atoms. The lowest BCUT2D eigenvalue weighted by Gasteiger charge is -2.21. The fourth-order valence-electron chi connectivity index (χ4n) is 11.4. The topological polar surface area (TPSA) is 237 Å². The zero-order chi connectivity index (χ0) is 68.2. The fourth-order valence-corrected chi connectivity index (χ4v) is 13.0. The highest BCUT2D eigenvalue weighted by Gasteiger charge is 2.30. The monoisotopic (exact) mass is 1370 g/mol. The fraction of sp³-hybridized carbons (Fsp3) is 0.946. The number of aliphatic hydroxyl groups is 1. The van der Waals surface area contributed by atoms with Crippen LogP contribution in [-0.2, 0) is 65.4 Å². The molecule has 0 aromatic rings. The Morgan fingerprint density at radius 2 is 0.430 bits per heavy atom. The number of rotatable bonds is 75. The van der Waals surface area contributed by atoms with E-state index in [1.165, 1.54) is 218 Å². The molecule has 0 aromatic heterocycles. The van der Waals surface area contributed by atoms with Crippen LogP contribution in [0.3, 0.4) is 0 Å². The van der Waals surface area contributed by atoms with Crippen molar-refractivity contribution in [3.63, 3.8) is 0 Å². The number of phosphoric ester groups is 2. The van der Waals surface area contributed by atoms with Crippen molar-refractivity contribution >= 4 is 39.5 Å². The molecular formula is C74H144O17P2. The van der Waals surface area contributed by atoms with Gasteiger partial charge in [0.25, 0.3) is 0 Å². The summed E-state index contributed by atoms with van der Waals surface area (Å²) >= 11 is 0. The van der Waals surface area contributed by atoms with Crippen LogP contribution in [-0.4, -0.2) is 96.7 Å².